The van der Waals surface area contributed by atoms with Crippen molar-refractivity contribution in [2.24, 2.45) is 0 Å². The Kier molecular flexibility index (Phi) is 3.89. The van der Waals surface area contributed by atoms with Crippen LogP contribution in [0.3, 0.4) is 0 Å². The van der Waals surface area contributed by atoms with Crippen LogP contribution in [0, 0.1) is 0 Å². The van der Waals surface area contributed by atoms with Gasteiger partial charge >= 0.3 is 0 Å². The maximum atomic E-state index is 5.71. The molecule has 3 nitrogen and oxygen atoms in total. The van der Waals surface area contributed by atoms with Gasteiger partial charge in [0.05, 0.1) is 10.7 Å². The molecule has 4 heteroatoms. The smallest absolute Gasteiger partial charge is 0.146 e. The van der Waals surface area contributed by atoms with Gasteiger partial charge in [-0.05, 0) is 47.0 Å². The lowest BCUT2D eigenvalue weighted by atomic mass is 10.3. The lowest BCUT2D eigenvalue weighted by molar-refractivity contribution is 0.269. The van der Waals surface area contributed by atoms with Crippen LogP contribution in [0.25, 0.3) is 0 Å². The molecule has 1 aromatic heterocycles. The Labute approximate surface area is 121 Å². The molecule has 100 valence electrons. The van der Waals surface area contributed by atoms with Crippen LogP contribution < -0.4 is 10.1 Å². The molecule has 0 unspecified atom stereocenters. The minimum Gasteiger partial charge on any atom is -0.484 e. The molecule has 0 amide bonds. The van der Waals surface area contributed by atoms with Crippen molar-refractivity contribution in [2.45, 2.75) is 32.0 Å². The Morgan fingerprint density at radius 3 is 2.95 bits per heavy atom. The zero-order valence-electron chi connectivity index (χ0n) is 10.6. The average molecular weight is 322 g/mol. The second-order valence-electron chi connectivity index (χ2n) is 4.80. The van der Waals surface area contributed by atoms with Gasteiger partial charge < -0.3 is 14.5 Å². The normalized spacial score (nSPS) is 14.6. The third-order valence-corrected chi connectivity index (χ3v) is 3.74. The second-order valence-corrected chi connectivity index (χ2v) is 5.65. The van der Waals surface area contributed by atoms with Crippen molar-refractivity contribution >= 4 is 15.9 Å². The van der Waals surface area contributed by atoms with Gasteiger partial charge in [-0.2, -0.15) is 0 Å². The Balaban J connectivity index is 1.53. The van der Waals surface area contributed by atoms with Gasteiger partial charge in [-0.3, -0.25) is 0 Å². The molecule has 2 aromatic rings. The fourth-order valence-corrected chi connectivity index (χ4v) is 2.25. The number of nitrogens with one attached hydrogen (secondary N) is 1. The van der Waals surface area contributed by atoms with E-state index in [1.54, 1.807) is 6.26 Å². The predicted molar refractivity (Wildman–Crippen MR) is 77.0 cm³/mol. The first-order valence-corrected chi connectivity index (χ1v) is 7.27. The fraction of sp³-hybridized carbons (Fsp3) is 0.333. The van der Waals surface area contributed by atoms with Crippen molar-refractivity contribution in [2.75, 3.05) is 0 Å². The zero-order valence-corrected chi connectivity index (χ0v) is 12.2. The minimum atomic E-state index is 0.450. The highest BCUT2D eigenvalue weighted by molar-refractivity contribution is 9.10. The minimum absolute atomic E-state index is 0.450. The number of halogens is 1. The van der Waals surface area contributed by atoms with Crippen molar-refractivity contribution in [3.05, 3.63) is 52.4 Å². The van der Waals surface area contributed by atoms with E-state index in [4.69, 9.17) is 9.15 Å². The first-order valence-electron chi connectivity index (χ1n) is 6.48. The first kappa shape index (κ1) is 12.8. The summed E-state index contributed by atoms with van der Waals surface area (Å²) in [5.74, 6) is 1.68. The first-order chi connectivity index (χ1) is 9.31. The Morgan fingerprint density at radius 2 is 2.16 bits per heavy atom. The summed E-state index contributed by atoms with van der Waals surface area (Å²) in [6.45, 7) is 1.33. The van der Waals surface area contributed by atoms with Gasteiger partial charge in [-0.1, -0.05) is 12.1 Å². The second kappa shape index (κ2) is 5.80. The highest BCUT2D eigenvalue weighted by Gasteiger charge is 2.20. The molecule has 0 saturated heterocycles. The van der Waals surface area contributed by atoms with Crippen LogP contribution in [-0.4, -0.2) is 6.04 Å². The summed E-state index contributed by atoms with van der Waals surface area (Å²) in [5.41, 5.74) is 1.18. The number of para-hydroxylation sites is 1. The van der Waals surface area contributed by atoms with Gasteiger partial charge in [0.2, 0.25) is 0 Å². The van der Waals surface area contributed by atoms with E-state index in [1.807, 2.05) is 30.3 Å². The summed E-state index contributed by atoms with van der Waals surface area (Å²) >= 11 is 3.46. The van der Waals surface area contributed by atoms with Gasteiger partial charge in [0, 0.05) is 18.2 Å². The molecule has 1 aromatic carbocycles. The van der Waals surface area contributed by atoms with E-state index in [0.29, 0.717) is 6.61 Å². The summed E-state index contributed by atoms with van der Waals surface area (Å²) < 4.78 is 12.2. The number of benzene rings is 1. The maximum Gasteiger partial charge on any atom is 0.146 e. The summed E-state index contributed by atoms with van der Waals surface area (Å²) in [6, 6.07) is 10.6. The average Bonchev–Trinajstić information content (AvgIpc) is 3.14. The summed E-state index contributed by atoms with van der Waals surface area (Å²) in [5, 5.41) is 3.46. The van der Waals surface area contributed by atoms with Crippen molar-refractivity contribution in [1.82, 2.24) is 5.32 Å². The summed E-state index contributed by atoms with van der Waals surface area (Å²) in [7, 11) is 0. The van der Waals surface area contributed by atoms with E-state index in [1.165, 1.54) is 18.4 Å². The van der Waals surface area contributed by atoms with E-state index >= 15 is 0 Å². The van der Waals surface area contributed by atoms with Crippen LogP contribution in [0.4, 0.5) is 0 Å². The quantitative estimate of drug-likeness (QED) is 0.877. The number of hydrogen-bond acceptors (Lipinski definition) is 3. The zero-order chi connectivity index (χ0) is 13.1. The molecule has 1 aliphatic carbocycles. The fourth-order valence-electron chi connectivity index (χ4n) is 1.85. The third kappa shape index (κ3) is 3.61. The van der Waals surface area contributed by atoms with Gasteiger partial charge in [0.15, 0.2) is 0 Å². The van der Waals surface area contributed by atoms with Crippen LogP contribution in [0.1, 0.15) is 24.2 Å². The van der Waals surface area contributed by atoms with Crippen molar-refractivity contribution < 1.29 is 9.15 Å². The topological polar surface area (TPSA) is 34.4 Å². The largest absolute Gasteiger partial charge is 0.484 e. The van der Waals surface area contributed by atoms with Gasteiger partial charge in [-0.25, -0.2) is 0 Å². The van der Waals surface area contributed by atoms with Crippen molar-refractivity contribution in [3.8, 4) is 5.75 Å². The van der Waals surface area contributed by atoms with E-state index in [9.17, 15) is 0 Å². The van der Waals surface area contributed by atoms with E-state index in [0.717, 1.165) is 28.6 Å². The molecular weight excluding hydrogens is 306 g/mol. The molecule has 0 radical (unpaired) electrons. The molecule has 1 aliphatic rings. The highest BCUT2D eigenvalue weighted by atomic mass is 79.9. The Hall–Kier alpha value is -1.26. The number of rotatable bonds is 6. The Morgan fingerprint density at radius 1 is 1.32 bits per heavy atom. The van der Waals surface area contributed by atoms with Gasteiger partial charge in [0.25, 0.3) is 0 Å². The van der Waals surface area contributed by atoms with Crippen molar-refractivity contribution in [1.29, 1.82) is 0 Å². The maximum absolute atomic E-state index is 5.71. The number of hydrogen-bond donors (Lipinski definition) is 1. The van der Waals surface area contributed by atoms with Gasteiger partial charge in [-0.15, -0.1) is 0 Å². The van der Waals surface area contributed by atoms with E-state index in [-0.39, 0.29) is 0 Å². The molecule has 0 spiro atoms. The number of furan rings is 1. The molecule has 0 aliphatic heterocycles. The van der Waals surface area contributed by atoms with Crippen LogP contribution >= 0.6 is 15.9 Å². The summed E-state index contributed by atoms with van der Waals surface area (Å²) in [4.78, 5) is 0. The molecular formula is C15H16BrNO2. The summed E-state index contributed by atoms with van der Waals surface area (Å²) in [6.07, 6.45) is 4.40. The SMILES string of the molecule is Brc1ccccc1OCc1cc(CNC2CC2)co1. The number of ether oxygens (including phenoxy) is 1. The lowest BCUT2D eigenvalue weighted by Gasteiger charge is -2.05. The molecule has 1 N–H and O–H groups in total. The van der Waals surface area contributed by atoms with Crippen LogP contribution in [0.2, 0.25) is 0 Å². The molecule has 1 saturated carbocycles. The molecule has 1 heterocycles. The monoisotopic (exact) mass is 321 g/mol. The highest BCUT2D eigenvalue weighted by Crippen LogP contribution is 2.25. The molecule has 19 heavy (non-hydrogen) atoms. The van der Waals surface area contributed by atoms with E-state index < -0.39 is 0 Å². The molecule has 0 atom stereocenters. The molecule has 3 rings (SSSR count). The van der Waals surface area contributed by atoms with Gasteiger partial charge in [0.1, 0.15) is 18.1 Å². The molecule has 1 fully saturated rings. The third-order valence-electron chi connectivity index (χ3n) is 3.09. The lowest BCUT2D eigenvalue weighted by Crippen LogP contribution is -2.14. The molecule has 0 bridgehead atoms. The van der Waals surface area contributed by atoms with Crippen molar-refractivity contribution in [3.63, 3.8) is 0 Å². The Bertz CT molecular complexity index is 549. The standard InChI is InChI=1S/C15H16BrNO2/c16-14-3-1-2-4-15(14)19-10-13-7-11(9-18-13)8-17-12-5-6-12/h1-4,7,9,12,17H,5-6,8,10H2. The van der Waals surface area contributed by atoms with E-state index in [2.05, 4.69) is 21.2 Å². The predicted octanol–water partition coefficient (Wildman–Crippen LogP) is 3.87. The van der Waals surface area contributed by atoms with Crippen LogP contribution in [-0.2, 0) is 13.2 Å². The van der Waals surface area contributed by atoms with Crippen LogP contribution in [0.5, 0.6) is 5.75 Å². The van der Waals surface area contributed by atoms with Crippen LogP contribution in [0.15, 0.2) is 45.5 Å².